The highest BCUT2D eigenvalue weighted by Crippen LogP contribution is 2.32. The van der Waals surface area contributed by atoms with Crippen molar-refractivity contribution in [2.75, 3.05) is 17.7 Å². The summed E-state index contributed by atoms with van der Waals surface area (Å²) in [4.78, 5) is 6.77. The van der Waals surface area contributed by atoms with Crippen molar-refractivity contribution in [3.63, 3.8) is 0 Å². The van der Waals surface area contributed by atoms with Crippen molar-refractivity contribution in [1.82, 2.24) is 4.98 Å². The Hall–Kier alpha value is -1.71. The molecule has 0 aliphatic heterocycles. The summed E-state index contributed by atoms with van der Waals surface area (Å²) in [6.45, 7) is 2.29. The molecule has 1 saturated carbocycles. The van der Waals surface area contributed by atoms with Crippen LogP contribution in [0.2, 0.25) is 0 Å². The van der Waals surface area contributed by atoms with Crippen LogP contribution in [-0.2, 0) is 0 Å². The maximum Gasteiger partial charge on any atom is 0.298 e. The van der Waals surface area contributed by atoms with E-state index in [4.69, 9.17) is 10.2 Å². The Morgan fingerprint density at radius 2 is 2.05 bits per heavy atom. The number of fused-ring (bicyclic) bond motifs is 1. The van der Waals surface area contributed by atoms with E-state index in [2.05, 4.69) is 23.9 Å². The van der Waals surface area contributed by atoms with Crippen molar-refractivity contribution in [1.29, 1.82) is 0 Å². The van der Waals surface area contributed by atoms with Crippen LogP contribution in [0.3, 0.4) is 0 Å². The third-order valence-electron chi connectivity index (χ3n) is 4.64. The molecule has 1 aliphatic carbocycles. The maximum atomic E-state index is 5.85. The van der Waals surface area contributed by atoms with E-state index in [0.717, 1.165) is 17.0 Å². The first-order chi connectivity index (χ1) is 9.67. The van der Waals surface area contributed by atoms with E-state index < -0.39 is 0 Å². The lowest BCUT2D eigenvalue weighted by atomic mass is 9.84. The summed E-state index contributed by atoms with van der Waals surface area (Å²) < 4.78 is 5.85. The van der Waals surface area contributed by atoms with Crippen molar-refractivity contribution in [3.05, 3.63) is 18.2 Å². The van der Waals surface area contributed by atoms with Gasteiger partial charge in [-0.3, -0.25) is 0 Å². The minimum absolute atomic E-state index is 0.545. The van der Waals surface area contributed by atoms with Crippen LogP contribution in [0.15, 0.2) is 22.6 Å². The molecular formula is C16H23N3O. The average Bonchev–Trinajstić information content (AvgIpc) is 2.89. The Bertz CT molecular complexity index is 584. The topological polar surface area (TPSA) is 55.3 Å². The second-order valence-electron chi connectivity index (χ2n) is 5.92. The minimum Gasteiger partial charge on any atom is -0.423 e. The first kappa shape index (κ1) is 13.3. The first-order valence-corrected chi connectivity index (χ1v) is 7.56. The Morgan fingerprint density at radius 3 is 2.75 bits per heavy atom. The Labute approximate surface area is 120 Å². The fraction of sp³-hybridized carbons (Fsp3) is 0.562. The van der Waals surface area contributed by atoms with Crippen LogP contribution < -0.4 is 10.6 Å². The molecule has 1 fully saturated rings. The van der Waals surface area contributed by atoms with Gasteiger partial charge in [-0.25, -0.2) is 0 Å². The lowest BCUT2D eigenvalue weighted by Crippen LogP contribution is -2.35. The zero-order valence-corrected chi connectivity index (χ0v) is 12.3. The number of anilines is 2. The number of benzene rings is 1. The summed E-state index contributed by atoms with van der Waals surface area (Å²) in [6, 6.07) is 6.88. The van der Waals surface area contributed by atoms with Gasteiger partial charge in [-0.15, -0.1) is 0 Å². The van der Waals surface area contributed by atoms with E-state index in [-0.39, 0.29) is 0 Å². The number of aromatic nitrogens is 1. The van der Waals surface area contributed by atoms with E-state index in [9.17, 15) is 0 Å². The predicted molar refractivity (Wildman–Crippen MR) is 82.9 cm³/mol. The molecule has 2 N–H and O–H groups in total. The summed E-state index contributed by atoms with van der Waals surface area (Å²) in [6.07, 6.45) is 6.40. The quantitative estimate of drug-likeness (QED) is 0.864. The molecule has 0 atom stereocenters. The van der Waals surface area contributed by atoms with Crippen LogP contribution in [0.1, 0.15) is 39.0 Å². The second kappa shape index (κ2) is 5.35. The number of hydrogen-bond acceptors (Lipinski definition) is 4. The van der Waals surface area contributed by atoms with Crippen LogP contribution in [0.25, 0.3) is 11.1 Å². The number of oxazole rings is 1. The van der Waals surface area contributed by atoms with Crippen LogP contribution in [0.4, 0.5) is 11.7 Å². The molecule has 0 spiro atoms. The lowest BCUT2D eigenvalue weighted by Gasteiger charge is -2.33. The number of nitrogens with two attached hydrogens (primary N) is 1. The van der Waals surface area contributed by atoms with Gasteiger partial charge in [0.05, 0.1) is 0 Å². The smallest absolute Gasteiger partial charge is 0.298 e. The third kappa shape index (κ3) is 2.47. The van der Waals surface area contributed by atoms with E-state index in [1.807, 2.05) is 18.2 Å². The average molecular weight is 273 g/mol. The molecule has 1 aliphatic rings. The standard InChI is InChI=1S/C16H23N3O/c1-3-11-4-7-13(8-5-11)19(2)16-18-14-9-6-12(17)10-15(14)20-16/h6,9-11,13H,3-5,7-8,17H2,1-2H3. The molecule has 3 rings (SSSR count). The highest BCUT2D eigenvalue weighted by atomic mass is 16.4. The lowest BCUT2D eigenvalue weighted by molar-refractivity contribution is 0.308. The van der Waals surface area contributed by atoms with Crippen molar-refractivity contribution in [2.24, 2.45) is 5.92 Å². The Morgan fingerprint density at radius 1 is 1.30 bits per heavy atom. The second-order valence-corrected chi connectivity index (χ2v) is 5.92. The molecule has 108 valence electrons. The fourth-order valence-electron chi connectivity index (χ4n) is 3.18. The molecular weight excluding hydrogens is 250 g/mol. The number of nitrogens with zero attached hydrogens (tertiary/aromatic N) is 2. The fourth-order valence-corrected chi connectivity index (χ4v) is 3.18. The number of rotatable bonds is 3. The molecule has 0 saturated heterocycles. The molecule has 20 heavy (non-hydrogen) atoms. The van der Waals surface area contributed by atoms with Gasteiger partial charge >= 0.3 is 0 Å². The monoisotopic (exact) mass is 273 g/mol. The molecule has 4 heteroatoms. The summed E-state index contributed by atoms with van der Waals surface area (Å²) in [5, 5.41) is 0. The van der Waals surface area contributed by atoms with Crippen molar-refractivity contribution in [3.8, 4) is 0 Å². The van der Waals surface area contributed by atoms with Gasteiger partial charge in [0, 0.05) is 24.8 Å². The molecule has 1 heterocycles. The van der Waals surface area contributed by atoms with Gasteiger partial charge in [-0.05, 0) is 43.7 Å². The molecule has 0 bridgehead atoms. The number of hydrogen-bond donors (Lipinski definition) is 1. The zero-order valence-electron chi connectivity index (χ0n) is 12.3. The highest BCUT2D eigenvalue weighted by molar-refractivity contribution is 5.78. The summed E-state index contributed by atoms with van der Waals surface area (Å²) in [5.41, 5.74) is 8.15. The van der Waals surface area contributed by atoms with Gasteiger partial charge in [0.1, 0.15) is 5.52 Å². The summed E-state index contributed by atoms with van der Waals surface area (Å²) in [7, 11) is 2.09. The molecule has 1 aromatic heterocycles. The van der Waals surface area contributed by atoms with Crippen molar-refractivity contribution < 1.29 is 4.42 Å². The third-order valence-corrected chi connectivity index (χ3v) is 4.64. The number of nitrogen functional groups attached to an aromatic ring is 1. The van der Waals surface area contributed by atoms with Gasteiger partial charge in [0.2, 0.25) is 0 Å². The van der Waals surface area contributed by atoms with Crippen LogP contribution >= 0.6 is 0 Å². The van der Waals surface area contributed by atoms with Crippen LogP contribution in [-0.4, -0.2) is 18.1 Å². The zero-order chi connectivity index (χ0) is 14.1. The molecule has 0 radical (unpaired) electrons. The van der Waals surface area contributed by atoms with Gasteiger partial charge in [-0.1, -0.05) is 13.3 Å². The van der Waals surface area contributed by atoms with Gasteiger partial charge in [0.15, 0.2) is 5.58 Å². The van der Waals surface area contributed by atoms with Gasteiger partial charge in [0.25, 0.3) is 6.01 Å². The van der Waals surface area contributed by atoms with E-state index in [0.29, 0.717) is 17.7 Å². The Kier molecular flexibility index (Phi) is 3.55. The van der Waals surface area contributed by atoms with Gasteiger partial charge < -0.3 is 15.1 Å². The molecule has 1 aromatic carbocycles. The normalized spacial score (nSPS) is 23.1. The Balaban J connectivity index is 1.77. The SMILES string of the molecule is CCC1CCC(N(C)c2nc3ccc(N)cc3o2)CC1. The van der Waals surface area contributed by atoms with Crippen molar-refractivity contribution in [2.45, 2.75) is 45.1 Å². The summed E-state index contributed by atoms with van der Waals surface area (Å²) in [5.74, 6) is 0.906. The van der Waals surface area contributed by atoms with E-state index in [1.54, 1.807) is 0 Å². The molecule has 4 nitrogen and oxygen atoms in total. The first-order valence-electron chi connectivity index (χ1n) is 7.56. The molecule has 0 unspecified atom stereocenters. The van der Waals surface area contributed by atoms with Gasteiger partial charge in [-0.2, -0.15) is 4.98 Å². The van der Waals surface area contributed by atoms with E-state index >= 15 is 0 Å². The predicted octanol–water partition coefficient (Wildman–Crippen LogP) is 3.82. The minimum atomic E-state index is 0.545. The van der Waals surface area contributed by atoms with E-state index in [1.165, 1.54) is 32.1 Å². The maximum absolute atomic E-state index is 5.85. The molecule has 0 amide bonds. The summed E-state index contributed by atoms with van der Waals surface area (Å²) >= 11 is 0. The van der Waals surface area contributed by atoms with Crippen molar-refractivity contribution >= 4 is 22.8 Å². The van der Waals surface area contributed by atoms with Crippen LogP contribution in [0, 0.1) is 5.92 Å². The highest BCUT2D eigenvalue weighted by Gasteiger charge is 2.25. The largest absolute Gasteiger partial charge is 0.423 e. The van der Waals surface area contributed by atoms with Crippen LogP contribution in [0.5, 0.6) is 0 Å². The molecule has 2 aromatic rings.